The normalized spacial score (nSPS) is 20.6. The molecule has 0 radical (unpaired) electrons. The van der Waals surface area contributed by atoms with E-state index in [1.54, 1.807) is 0 Å². The molecule has 90 valence electrons. The molecule has 1 aliphatic rings. The number of aliphatic hydroxyl groups is 1. The number of aliphatic hydroxyl groups excluding tert-OH is 1. The van der Waals surface area contributed by atoms with Gasteiger partial charge in [0.25, 0.3) is 0 Å². The molecule has 0 aromatic carbocycles. The second-order valence-corrected chi connectivity index (χ2v) is 4.76. The Hall–Kier alpha value is -0.120. The largest absolute Gasteiger partial charge is 0.395 e. The van der Waals surface area contributed by atoms with E-state index in [1.165, 1.54) is 12.8 Å². The smallest absolute Gasteiger partial charge is 0.0601 e. The van der Waals surface area contributed by atoms with Gasteiger partial charge in [-0.1, -0.05) is 13.8 Å². The van der Waals surface area contributed by atoms with Crippen molar-refractivity contribution in [3.63, 3.8) is 0 Å². The molecule has 1 rings (SSSR count). The fraction of sp³-hybridized carbons (Fsp3) is 1.00. The number of rotatable bonds is 8. The molecule has 0 saturated heterocycles. The summed E-state index contributed by atoms with van der Waals surface area (Å²) < 4.78 is 0. The molecule has 0 bridgehead atoms. The van der Waals surface area contributed by atoms with Gasteiger partial charge in [0.2, 0.25) is 0 Å². The monoisotopic (exact) mass is 214 g/mol. The van der Waals surface area contributed by atoms with Crippen molar-refractivity contribution in [3.05, 3.63) is 0 Å². The van der Waals surface area contributed by atoms with E-state index >= 15 is 0 Å². The van der Waals surface area contributed by atoms with Crippen LogP contribution in [0.1, 0.15) is 39.5 Å². The van der Waals surface area contributed by atoms with Gasteiger partial charge in [0.1, 0.15) is 0 Å². The maximum atomic E-state index is 9.44. The van der Waals surface area contributed by atoms with Gasteiger partial charge in [-0.25, -0.2) is 0 Å². The third-order valence-corrected chi connectivity index (χ3v) is 3.32. The zero-order chi connectivity index (χ0) is 11.3. The van der Waals surface area contributed by atoms with E-state index in [2.05, 4.69) is 18.7 Å². The van der Waals surface area contributed by atoms with Crippen molar-refractivity contribution in [2.24, 2.45) is 11.7 Å². The van der Waals surface area contributed by atoms with Gasteiger partial charge in [-0.15, -0.1) is 0 Å². The van der Waals surface area contributed by atoms with Crippen LogP contribution in [-0.2, 0) is 0 Å². The number of nitrogens with two attached hydrogens (primary N) is 1. The van der Waals surface area contributed by atoms with Crippen LogP contribution in [0, 0.1) is 5.92 Å². The average molecular weight is 214 g/mol. The van der Waals surface area contributed by atoms with E-state index < -0.39 is 0 Å². The van der Waals surface area contributed by atoms with Crippen molar-refractivity contribution in [2.45, 2.75) is 51.6 Å². The number of hydrogen-bond donors (Lipinski definition) is 2. The molecule has 0 aromatic heterocycles. The molecule has 3 N–H and O–H groups in total. The summed E-state index contributed by atoms with van der Waals surface area (Å²) in [5.41, 5.74) is 6.05. The summed E-state index contributed by atoms with van der Waals surface area (Å²) in [5, 5.41) is 9.44. The lowest BCUT2D eigenvalue weighted by atomic mass is 10.0. The van der Waals surface area contributed by atoms with E-state index in [0.717, 1.165) is 31.8 Å². The molecular formula is C12H26N2O. The van der Waals surface area contributed by atoms with Crippen LogP contribution in [0.25, 0.3) is 0 Å². The second kappa shape index (κ2) is 6.46. The van der Waals surface area contributed by atoms with Gasteiger partial charge in [-0.05, 0) is 38.1 Å². The minimum atomic E-state index is 0.111. The highest BCUT2D eigenvalue weighted by Gasteiger charge is 2.29. The molecule has 0 amide bonds. The van der Waals surface area contributed by atoms with Crippen molar-refractivity contribution >= 4 is 0 Å². The zero-order valence-electron chi connectivity index (χ0n) is 10.2. The summed E-state index contributed by atoms with van der Waals surface area (Å²) >= 11 is 0. The Morgan fingerprint density at radius 1 is 1.40 bits per heavy atom. The molecular weight excluding hydrogens is 188 g/mol. The molecule has 1 aliphatic carbocycles. The molecule has 0 aliphatic heterocycles. The highest BCUT2D eigenvalue weighted by molar-refractivity contribution is 4.85. The highest BCUT2D eigenvalue weighted by atomic mass is 16.3. The summed E-state index contributed by atoms with van der Waals surface area (Å²) in [6, 6.07) is 0.274. The lowest BCUT2D eigenvalue weighted by molar-refractivity contribution is 0.0982. The van der Waals surface area contributed by atoms with Crippen LogP contribution in [0.5, 0.6) is 0 Å². The molecule has 2 atom stereocenters. The van der Waals surface area contributed by atoms with Crippen molar-refractivity contribution in [3.8, 4) is 0 Å². The Morgan fingerprint density at radius 2 is 2.07 bits per heavy atom. The van der Waals surface area contributed by atoms with Crippen molar-refractivity contribution < 1.29 is 5.11 Å². The Bertz CT molecular complexity index is 171. The minimum Gasteiger partial charge on any atom is -0.395 e. The highest BCUT2D eigenvalue weighted by Crippen LogP contribution is 2.30. The lowest BCUT2D eigenvalue weighted by Crippen LogP contribution is -2.50. The Morgan fingerprint density at radius 3 is 2.47 bits per heavy atom. The molecule has 0 spiro atoms. The minimum absolute atomic E-state index is 0.111. The van der Waals surface area contributed by atoms with Gasteiger partial charge in [-0.3, -0.25) is 4.90 Å². The first-order chi connectivity index (χ1) is 7.22. The van der Waals surface area contributed by atoms with E-state index in [9.17, 15) is 5.11 Å². The van der Waals surface area contributed by atoms with E-state index in [1.807, 2.05) is 0 Å². The quantitative estimate of drug-likeness (QED) is 0.638. The van der Waals surface area contributed by atoms with Crippen LogP contribution < -0.4 is 5.73 Å². The van der Waals surface area contributed by atoms with E-state index in [4.69, 9.17) is 5.73 Å². The van der Waals surface area contributed by atoms with Gasteiger partial charge in [-0.2, -0.15) is 0 Å². The summed E-state index contributed by atoms with van der Waals surface area (Å²) in [7, 11) is 0. The van der Waals surface area contributed by atoms with Gasteiger partial charge < -0.3 is 10.8 Å². The van der Waals surface area contributed by atoms with Crippen LogP contribution >= 0.6 is 0 Å². The van der Waals surface area contributed by atoms with Gasteiger partial charge >= 0.3 is 0 Å². The lowest BCUT2D eigenvalue weighted by Gasteiger charge is -2.34. The first kappa shape index (κ1) is 12.9. The Balaban J connectivity index is 2.47. The van der Waals surface area contributed by atoms with Crippen LogP contribution in [0.2, 0.25) is 0 Å². The molecule has 1 saturated carbocycles. The van der Waals surface area contributed by atoms with Crippen LogP contribution in [-0.4, -0.2) is 41.8 Å². The summed E-state index contributed by atoms with van der Waals surface area (Å²) in [6.07, 6.45) is 4.80. The molecule has 1 fully saturated rings. The Kier molecular flexibility index (Phi) is 5.58. The third kappa shape index (κ3) is 4.09. The van der Waals surface area contributed by atoms with Gasteiger partial charge in [0, 0.05) is 18.6 Å². The SMILES string of the molecule is CCCN(CC1CC1)C(CO)C(N)CC. The molecule has 3 heteroatoms. The van der Waals surface area contributed by atoms with Gasteiger partial charge in [0.05, 0.1) is 6.61 Å². The summed E-state index contributed by atoms with van der Waals surface area (Å²) in [4.78, 5) is 2.39. The first-order valence-electron chi connectivity index (χ1n) is 6.33. The zero-order valence-corrected chi connectivity index (χ0v) is 10.2. The fourth-order valence-electron chi connectivity index (χ4n) is 2.11. The molecule has 0 heterocycles. The standard InChI is InChI=1S/C12H26N2O/c1-3-7-14(8-10-5-6-10)12(9-15)11(13)4-2/h10-12,15H,3-9,13H2,1-2H3. The van der Waals surface area contributed by atoms with E-state index in [-0.39, 0.29) is 18.7 Å². The molecule has 0 aromatic rings. The third-order valence-electron chi connectivity index (χ3n) is 3.32. The fourth-order valence-corrected chi connectivity index (χ4v) is 2.11. The van der Waals surface area contributed by atoms with Crippen molar-refractivity contribution in [2.75, 3.05) is 19.7 Å². The number of hydrogen-bond acceptors (Lipinski definition) is 3. The first-order valence-corrected chi connectivity index (χ1v) is 6.33. The maximum absolute atomic E-state index is 9.44. The van der Waals surface area contributed by atoms with E-state index in [0.29, 0.717) is 0 Å². The number of nitrogens with zero attached hydrogens (tertiary/aromatic N) is 1. The molecule has 2 unspecified atom stereocenters. The van der Waals surface area contributed by atoms with Crippen LogP contribution in [0.4, 0.5) is 0 Å². The van der Waals surface area contributed by atoms with Crippen LogP contribution in [0.3, 0.4) is 0 Å². The van der Waals surface area contributed by atoms with Gasteiger partial charge in [0.15, 0.2) is 0 Å². The predicted molar refractivity (Wildman–Crippen MR) is 63.7 cm³/mol. The maximum Gasteiger partial charge on any atom is 0.0601 e. The molecule has 15 heavy (non-hydrogen) atoms. The van der Waals surface area contributed by atoms with Crippen molar-refractivity contribution in [1.82, 2.24) is 4.90 Å². The second-order valence-electron chi connectivity index (χ2n) is 4.76. The molecule has 3 nitrogen and oxygen atoms in total. The van der Waals surface area contributed by atoms with Crippen molar-refractivity contribution in [1.29, 1.82) is 0 Å². The summed E-state index contributed by atoms with van der Waals surface area (Å²) in [6.45, 7) is 6.67. The summed E-state index contributed by atoms with van der Waals surface area (Å²) in [5.74, 6) is 0.870. The topological polar surface area (TPSA) is 49.5 Å². The van der Waals surface area contributed by atoms with Crippen LogP contribution in [0.15, 0.2) is 0 Å². The average Bonchev–Trinajstić information content (AvgIpc) is 3.02. The predicted octanol–water partition coefficient (Wildman–Crippen LogP) is 1.21. The Labute approximate surface area is 93.6 Å².